The van der Waals surface area contributed by atoms with Crippen LogP contribution in [0.2, 0.25) is 0 Å². The van der Waals surface area contributed by atoms with Crippen molar-refractivity contribution in [1.82, 2.24) is 15.1 Å². The van der Waals surface area contributed by atoms with E-state index in [1.165, 1.54) is 0 Å². The highest BCUT2D eigenvalue weighted by Gasteiger charge is 2.47. The van der Waals surface area contributed by atoms with Gasteiger partial charge in [-0.1, -0.05) is 25.5 Å². The summed E-state index contributed by atoms with van der Waals surface area (Å²) < 4.78 is 5.56. The number of ether oxygens (including phenoxy) is 1. The van der Waals surface area contributed by atoms with Crippen LogP contribution in [0.3, 0.4) is 0 Å². The Morgan fingerprint density at radius 1 is 1.22 bits per heavy atom. The summed E-state index contributed by atoms with van der Waals surface area (Å²) in [7, 11) is 1.74. The predicted octanol–water partition coefficient (Wildman–Crippen LogP) is 1.93. The van der Waals surface area contributed by atoms with Gasteiger partial charge in [0, 0.05) is 39.5 Å². The van der Waals surface area contributed by atoms with Crippen molar-refractivity contribution in [2.75, 3.05) is 33.2 Å². The van der Waals surface area contributed by atoms with Gasteiger partial charge in [-0.05, 0) is 19.3 Å². The number of hydrogen-bond donors (Lipinski definition) is 1. The molecule has 2 aliphatic heterocycles. The van der Waals surface area contributed by atoms with E-state index in [1.807, 2.05) is 17.1 Å². The minimum atomic E-state index is -0.452. The molecule has 0 aromatic rings. The van der Waals surface area contributed by atoms with E-state index in [-0.39, 0.29) is 29.7 Å². The molecule has 2 atom stereocenters. The summed E-state index contributed by atoms with van der Waals surface area (Å²) in [6.45, 7) is 4.49. The average Bonchev–Trinajstić information content (AvgIpc) is 2.95. The number of likely N-dealkylation sites (tertiary alicyclic amines) is 1. The fraction of sp³-hybridized carbons (Fsp3) is 0.750. The largest absolute Gasteiger partial charge is 0.441 e. The lowest BCUT2D eigenvalue weighted by Gasteiger charge is -2.39. The van der Waals surface area contributed by atoms with E-state index in [2.05, 4.69) is 12.2 Å². The van der Waals surface area contributed by atoms with Gasteiger partial charge in [0.05, 0.1) is 18.4 Å². The molecule has 0 unspecified atom stereocenters. The van der Waals surface area contributed by atoms with Crippen LogP contribution >= 0.6 is 0 Å². The third-order valence-electron chi connectivity index (χ3n) is 6.04. The molecule has 1 aliphatic carbocycles. The Bertz CT molecular complexity index is 610. The van der Waals surface area contributed by atoms with Crippen molar-refractivity contribution in [2.45, 2.75) is 51.0 Å². The fourth-order valence-electron chi connectivity index (χ4n) is 4.32. The van der Waals surface area contributed by atoms with E-state index in [4.69, 9.17) is 4.74 Å². The first-order chi connectivity index (χ1) is 13.0. The summed E-state index contributed by atoms with van der Waals surface area (Å²) in [5, 5.41) is 2.98. The molecule has 1 spiro atoms. The van der Waals surface area contributed by atoms with Crippen molar-refractivity contribution in [3.63, 3.8) is 0 Å². The fourth-order valence-corrected chi connectivity index (χ4v) is 4.32. The number of amides is 3. The van der Waals surface area contributed by atoms with Crippen molar-refractivity contribution in [1.29, 1.82) is 0 Å². The molecule has 3 aliphatic rings. The number of carbonyl (C=O) groups excluding carboxylic acids is 3. The lowest BCUT2D eigenvalue weighted by Crippen LogP contribution is -2.52. The Morgan fingerprint density at radius 2 is 1.89 bits per heavy atom. The van der Waals surface area contributed by atoms with Crippen LogP contribution in [-0.4, -0.2) is 66.5 Å². The molecule has 2 saturated heterocycles. The van der Waals surface area contributed by atoms with E-state index < -0.39 is 5.60 Å². The molecule has 0 bridgehead atoms. The maximum absolute atomic E-state index is 13.1. The molecule has 7 heteroatoms. The molecule has 3 amide bonds. The molecular weight excluding hydrogens is 346 g/mol. The Hall–Kier alpha value is -2.05. The van der Waals surface area contributed by atoms with Crippen molar-refractivity contribution in [2.24, 2.45) is 11.8 Å². The molecule has 3 rings (SSSR count). The van der Waals surface area contributed by atoms with Crippen LogP contribution in [0.1, 0.15) is 45.4 Å². The standard InChI is InChI=1S/C20H31N3O4/c1-3-4-11-21-17(24)15-7-5-6-8-16(15)18(25)23-12-9-20(10-13-23)14-22(2)19(26)27-20/h5-6,15-16H,3-4,7-14H2,1-2H3,(H,21,24)/t15-,16+/m0/s1. The van der Waals surface area contributed by atoms with Crippen LogP contribution in [-0.2, 0) is 14.3 Å². The van der Waals surface area contributed by atoms with Gasteiger partial charge in [-0.3, -0.25) is 9.59 Å². The van der Waals surface area contributed by atoms with Crippen LogP contribution in [0.5, 0.6) is 0 Å². The second kappa shape index (κ2) is 8.31. The third-order valence-corrected chi connectivity index (χ3v) is 6.04. The smallest absolute Gasteiger partial charge is 0.410 e. The number of carbonyl (C=O) groups is 3. The maximum Gasteiger partial charge on any atom is 0.410 e. The van der Waals surface area contributed by atoms with E-state index in [9.17, 15) is 14.4 Å². The molecule has 0 radical (unpaired) electrons. The monoisotopic (exact) mass is 377 g/mol. The van der Waals surface area contributed by atoms with E-state index in [0.29, 0.717) is 51.9 Å². The van der Waals surface area contributed by atoms with Gasteiger partial charge in [0.15, 0.2) is 0 Å². The highest BCUT2D eigenvalue weighted by atomic mass is 16.6. The highest BCUT2D eigenvalue weighted by Crippen LogP contribution is 2.34. The molecule has 0 saturated carbocycles. The average molecular weight is 377 g/mol. The summed E-state index contributed by atoms with van der Waals surface area (Å²) in [5.41, 5.74) is -0.452. The first-order valence-corrected chi connectivity index (χ1v) is 10.1. The first kappa shape index (κ1) is 19.7. The quantitative estimate of drug-likeness (QED) is 0.586. The number of piperidine rings is 1. The van der Waals surface area contributed by atoms with Gasteiger partial charge in [-0.2, -0.15) is 0 Å². The lowest BCUT2D eigenvalue weighted by molar-refractivity contribution is -0.144. The Labute approximate surface area is 161 Å². The van der Waals surface area contributed by atoms with Gasteiger partial charge < -0.3 is 19.9 Å². The normalized spacial score (nSPS) is 27.0. The summed E-state index contributed by atoms with van der Waals surface area (Å²) in [4.78, 5) is 40.9. The number of rotatable bonds is 5. The second-order valence-corrected chi connectivity index (χ2v) is 8.03. The number of hydrogen-bond acceptors (Lipinski definition) is 4. The number of nitrogens with one attached hydrogen (secondary N) is 1. The maximum atomic E-state index is 13.1. The predicted molar refractivity (Wildman–Crippen MR) is 101 cm³/mol. The molecule has 150 valence electrons. The minimum absolute atomic E-state index is 0.00835. The van der Waals surface area contributed by atoms with Gasteiger partial charge in [-0.15, -0.1) is 0 Å². The number of allylic oxidation sites excluding steroid dienone is 2. The topological polar surface area (TPSA) is 79.0 Å². The number of likely N-dealkylation sites (N-methyl/N-ethyl adjacent to an activating group) is 1. The van der Waals surface area contributed by atoms with Crippen LogP contribution in [0.4, 0.5) is 4.79 Å². The van der Waals surface area contributed by atoms with Gasteiger partial charge in [-0.25, -0.2) is 4.79 Å². The molecular formula is C20H31N3O4. The highest BCUT2D eigenvalue weighted by molar-refractivity contribution is 5.88. The van der Waals surface area contributed by atoms with Crippen molar-refractivity contribution < 1.29 is 19.1 Å². The van der Waals surface area contributed by atoms with Crippen molar-refractivity contribution in [3.8, 4) is 0 Å². The molecule has 0 aromatic heterocycles. The zero-order chi connectivity index (χ0) is 19.4. The van der Waals surface area contributed by atoms with Gasteiger partial charge in [0.2, 0.25) is 11.8 Å². The minimum Gasteiger partial charge on any atom is -0.441 e. The summed E-state index contributed by atoms with van der Waals surface area (Å²) in [5.74, 6) is -0.529. The Morgan fingerprint density at radius 3 is 2.48 bits per heavy atom. The number of unbranched alkanes of at least 4 members (excludes halogenated alkanes) is 1. The lowest BCUT2D eigenvalue weighted by atomic mass is 9.80. The van der Waals surface area contributed by atoms with E-state index >= 15 is 0 Å². The van der Waals surface area contributed by atoms with Crippen LogP contribution < -0.4 is 5.32 Å². The molecule has 1 N–H and O–H groups in total. The third kappa shape index (κ3) is 4.28. The zero-order valence-electron chi connectivity index (χ0n) is 16.4. The van der Waals surface area contributed by atoms with Gasteiger partial charge >= 0.3 is 6.09 Å². The Balaban J connectivity index is 1.58. The molecule has 2 heterocycles. The molecule has 0 aromatic carbocycles. The SMILES string of the molecule is CCCCNC(=O)[C@H]1CC=CC[C@H]1C(=O)N1CCC2(CC1)CN(C)C(=O)O2. The molecule has 7 nitrogen and oxygen atoms in total. The van der Waals surface area contributed by atoms with E-state index in [1.54, 1.807) is 11.9 Å². The second-order valence-electron chi connectivity index (χ2n) is 8.03. The van der Waals surface area contributed by atoms with Crippen molar-refractivity contribution in [3.05, 3.63) is 12.2 Å². The summed E-state index contributed by atoms with van der Waals surface area (Å²) in [6.07, 6.45) is 8.27. The summed E-state index contributed by atoms with van der Waals surface area (Å²) >= 11 is 0. The Kier molecular flexibility index (Phi) is 6.07. The van der Waals surface area contributed by atoms with Gasteiger partial charge in [0.1, 0.15) is 5.60 Å². The summed E-state index contributed by atoms with van der Waals surface area (Å²) in [6, 6.07) is 0. The van der Waals surface area contributed by atoms with Crippen molar-refractivity contribution >= 4 is 17.9 Å². The van der Waals surface area contributed by atoms with Crippen LogP contribution in [0, 0.1) is 11.8 Å². The first-order valence-electron chi connectivity index (χ1n) is 10.1. The van der Waals surface area contributed by atoms with Gasteiger partial charge in [0.25, 0.3) is 0 Å². The zero-order valence-corrected chi connectivity index (χ0v) is 16.4. The number of nitrogens with zero attached hydrogens (tertiary/aromatic N) is 2. The van der Waals surface area contributed by atoms with Crippen LogP contribution in [0.25, 0.3) is 0 Å². The van der Waals surface area contributed by atoms with E-state index in [0.717, 1.165) is 12.8 Å². The molecule has 27 heavy (non-hydrogen) atoms. The van der Waals surface area contributed by atoms with Crippen LogP contribution in [0.15, 0.2) is 12.2 Å². The molecule has 2 fully saturated rings.